The van der Waals surface area contributed by atoms with Crippen molar-refractivity contribution in [2.75, 3.05) is 26.7 Å². The number of H-pyrrole nitrogens is 1. The molecular weight excluding hydrogens is 771 g/mol. The quantitative estimate of drug-likeness (QED) is 0.0616. The van der Waals surface area contributed by atoms with E-state index in [1.807, 2.05) is 4.90 Å². The molecule has 0 fully saturated rings. The van der Waals surface area contributed by atoms with Gasteiger partial charge in [-0.05, 0) is 62.9 Å². The highest BCUT2D eigenvalue weighted by Crippen LogP contribution is 2.41. The number of aromatic nitrogens is 1. The molecule has 1 aliphatic carbocycles. The van der Waals surface area contributed by atoms with Gasteiger partial charge in [-0.15, -0.1) is 0 Å². The third-order valence-corrected chi connectivity index (χ3v) is 13.1. The van der Waals surface area contributed by atoms with E-state index in [0.29, 0.717) is 18.9 Å². The van der Waals surface area contributed by atoms with Crippen LogP contribution in [0.15, 0.2) is 30.5 Å². The maximum Gasteiger partial charge on any atom is 0.303 e. The summed E-state index contributed by atoms with van der Waals surface area (Å²) in [5.41, 5.74) is 5.21. The van der Waals surface area contributed by atoms with Crippen LogP contribution in [0.1, 0.15) is 231 Å². The van der Waals surface area contributed by atoms with E-state index in [1.165, 1.54) is 182 Å². The van der Waals surface area contributed by atoms with Crippen LogP contribution in [-0.2, 0) is 20.8 Å². The van der Waals surface area contributed by atoms with Crippen molar-refractivity contribution < 1.29 is 24.6 Å². The molecule has 2 aliphatic rings. The lowest BCUT2D eigenvalue weighted by Crippen LogP contribution is -2.47. The van der Waals surface area contributed by atoms with Crippen LogP contribution in [0.5, 0.6) is 0 Å². The van der Waals surface area contributed by atoms with Crippen molar-refractivity contribution in [1.82, 2.24) is 14.8 Å². The zero-order valence-corrected chi connectivity index (χ0v) is 40.6. The van der Waals surface area contributed by atoms with Crippen molar-refractivity contribution in [3.8, 4) is 0 Å². The number of likely N-dealkylation sites (N-methyl/N-ethyl adjacent to an activating group) is 1. The minimum absolute atomic E-state index is 0.0445. The summed E-state index contributed by atoms with van der Waals surface area (Å²) in [6, 6.07) is 6.82. The number of aliphatic carboxylic acids is 2. The number of carbonyl (C=O) groups is 3. The predicted molar refractivity (Wildman–Crippen MR) is 263 cm³/mol. The van der Waals surface area contributed by atoms with E-state index in [-0.39, 0.29) is 11.8 Å². The van der Waals surface area contributed by atoms with Gasteiger partial charge in [-0.3, -0.25) is 19.3 Å². The first kappa shape index (κ1) is 55.0. The average molecular weight is 864 g/mol. The van der Waals surface area contributed by atoms with Crippen LogP contribution in [0.3, 0.4) is 0 Å². The number of unbranched alkanes of at least 4 members (excludes halogenated alkanes) is 26. The van der Waals surface area contributed by atoms with E-state index in [9.17, 15) is 14.4 Å². The van der Waals surface area contributed by atoms with E-state index in [1.54, 1.807) is 0 Å². The van der Waals surface area contributed by atoms with E-state index in [0.717, 1.165) is 51.7 Å². The molecule has 2 aromatic rings. The molecule has 0 saturated heterocycles. The van der Waals surface area contributed by atoms with Gasteiger partial charge < -0.3 is 20.1 Å². The number of hydrogen-bond donors (Lipinski definition) is 3. The van der Waals surface area contributed by atoms with Crippen LogP contribution in [-0.4, -0.2) is 75.6 Å². The Morgan fingerprint density at radius 1 is 0.613 bits per heavy atom. The molecule has 0 unspecified atom stereocenters. The Labute approximate surface area is 379 Å². The summed E-state index contributed by atoms with van der Waals surface area (Å²) in [7, 11) is 2.15. The fourth-order valence-corrected chi connectivity index (χ4v) is 9.32. The molecule has 1 aromatic carbocycles. The number of aromatic amines is 1. The maximum atomic E-state index is 12.9. The van der Waals surface area contributed by atoms with Crippen LogP contribution in [0.4, 0.5) is 0 Å². The number of hydrogen-bond acceptors (Lipinski definition) is 4. The minimum atomic E-state index is -0.655. The van der Waals surface area contributed by atoms with Crippen molar-refractivity contribution in [1.29, 1.82) is 0 Å². The Kier molecular flexibility index (Phi) is 31.3. The van der Waals surface area contributed by atoms with Gasteiger partial charge in [0.2, 0.25) is 5.91 Å². The SMILES string of the molecule is CCCCCCCCCCCCCCCC(=O)O.CCCCCCCCCCCCCCCCCC(=O)O.CCN(CC)C(=O)[C@@H]1C=C2c3cccc4[nH]cc(c34)C[C@H]2N(C)C1. The second-order valence-corrected chi connectivity index (χ2v) is 18.4. The topological polar surface area (TPSA) is 114 Å². The number of benzene rings is 1. The first-order valence-electron chi connectivity index (χ1n) is 25.9. The summed E-state index contributed by atoms with van der Waals surface area (Å²) < 4.78 is 0. The number of nitrogens with zero attached hydrogens (tertiary/aromatic N) is 2. The largest absolute Gasteiger partial charge is 0.481 e. The molecular formula is C54H93N3O5. The molecule has 0 bridgehead atoms. The molecule has 1 aromatic heterocycles. The zero-order valence-electron chi connectivity index (χ0n) is 40.6. The van der Waals surface area contributed by atoms with E-state index < -0.39 is 11.9 Å². The third kappa shape index (κ3) is 23.0. The van der Waals surface area contributed by atoms with Crippen LogP contribution in [0, 0.1) is 5.92 Å². The van der Waals surface area contributed by atoms with Gasteiger partial charge in [0.05, 0.1) is 5.92 Å². The van der Waals surface area contributed by atoms with Crippen LogP contribution < -0.4 is 0 Å². The molecule has 1 amide bonds. The lowest BCUT2D eigenvalue weighted by Gasteiger charge is -2.40. The molecule has 3 N–H and O–H groups in total. The zero-order chi connectivity index (χ0) is 45.2. The smallest absolute Gasteiger partial charge is 0.303 e. The van der Waals surface area contributed by atoms with Gasteiger partial charge in [-0.1, -0.05) is 199 Å². The van der Waals surface area contributed by atoms with Crippen molar-refractivity contribution in [2.45, 2.75) is 233 Å². The molecule has 2 heterocycles. The summed E-state index contributed by atoms with van der Waals surface area (Å²) in [6.07, 6.45) is 42.9. The molecule has 0 radical (unpaired) electrons. The molecule has 354 valence electrons. The fraction of sp³-hybridized carbons (Fsp3) is 0.759. The highest BCUT2D eigenvalue weighted by Gasteiger charge is 2.36. The number of amides is 1. The van der Waals surface area contributed by atoms with Crippen molar-refractivity contribution in [3.05, 3.63) is 41.6 Å². The highest BCUT2D eigenvalue weighted by molar-refractivity contribution is 5.99. The van der Waals surface area contributed by atoms with E-state index in [2.05, 4.69) is 75.1 Å². The van der Waals surface area contributed by atoms with Gasteiger partial charge in [0.1, 0.15) is 0 Å². The molecule has 1 aliphatic heterocycles. The van der Waals surface area contributed by atoms with Gasteiger partial charge in [-0.25, -0.2) is 0 Å². The Balaban J connectivity index is 0.000000325. The average Bonchev–Trinajstić information content (AvgIpc) is 3.68. The maximum absolute atomic E-state index is 12.9. The molecule has 0 spiro atoms. The molecule has 4 rings (SSSR count). The van der Waals surface area contributed by atoms with Crippen LogP contribution in [0.25, 0.3) is 16.5 Å². The molecule has 62 heavy (non-hydrogen) atoms. The molecule has 8 nitrogen and oxygen atoms in total. The van der Waals surface area contributed by atoms with Gasteiger partial charge in [-0.2, -0.15) is 0 Å². The number of fused-ring (bicyclic) bond motifs is 2. The first-order valence-corrected chi connectivity index (χ1v) is 25.9. The summed E-state index contributed by atoms with van der Waals surface area (Å²) in [5, 5.41) is 18.3. The minimum Gasteiger partial charge on any atom is -0.481 e. The van der Waals surface area contributed by atoms with Crippen molar-refractivity contribution in [3.63, 3.8) is 0 Å². The molecule has 8 heteroatoms. The third-order valence-electron chi connectivity index (χ3n) is 13.1. The number of nitrogens with one attached hydrogen (secondary N) is 1. The van der Waals surface area contributed by atoms with Crippen molar-refractivity contribution >= 4 is 34.3 Å². The normalized spacial score (nSPS) is 15.5. The lowest BCUT2D eigenvalue weighted by atomic mass is 9.79. The van der Waals surface area contributed by atoms with Gasteiger partial charge >= 0.3 is 11.9 Å². The summed E-state index contributed by atoms with van der Waals surface area (Å²) in [5.74, 6) is -1.10. The summed E-state index contributed by atoms with van der Waals surface area (Å²) >= 11 is 0. The Morgan fingerprint density at radius 3 is 1.40 bits per heavy atom. The predicted octanol–water partition coefficient (Wildman–Crippen LogP) is 14.8. The van der Waals surface area contributed by atoms with Gasteiger partial charge in [0.15, 0.2) is 0 Å². The Hall–Kier alpha value is -3.13. The number of carboxylic acids is 2. The van der Waals surface area contributed by atoms with Gasteiger partial charge in [0, 0.05) is 55.6 Å². The highest BCUT2D eigenvalue weighted by atomic mass is 16.4. The lowest BCUT2D eigenvalue weighted by molar-refractivity contribution is -0.138. The van der Waals surface area contributed by atoms with Gasteiger partial charge in [0.25, 0.3) is 0 Å². The Bertz CT molecular complexity index is 1500. The number of carboxylic acid groups (broad SMARTS) is 2. The van der Waals surface area contributed by atoms with Crippen molar-refractivity contribution in [2.24, 2.45) is 5.92 Å². The second kappa shape index (κ2) is 35.2. The molecule has 0 saturated carbocycles. The monoisotopic (exact) mass is 864 g/mol. The van der Waals surface area contributed by atoms with E-state index >= 15 is 0 Å². The number of carbonyl (C=O) groups excluding carboxylic acids is 1. The van der Waals surface area contributed by atoms with E-state index in [4.69, 9.17) is 10.2 Å². The van der Waals surface area contributed by atoms with Crippen LogP contribution >= 0.6 is 0 Å². The summed E-state index contributed by atoms with van der Waals surface area (Å²) in [6.45, 7) is 11.0. The second-order valence-electron chi connectivity index (χ2n) is 18.4. The summed E-state index contributed by atoms with van der Waals surface area (Å²) in [4.78, 5) is 41.2. The first-order chi connectivity index (χ1) is 30.2. The standard InChI is InChI=1S/C20H25N3O.C18H36O2.C16H32O2/c1-4-23(5-2)20(24)14-9-16-15-7-6-8-17-19(15)13(11-21-17)10-18(16)22(3)12-14;1-2-3-4-5-6-7-8-9-10-11-12-13-14-15-16-17-18(19)20;1-2-3-4-5-6-7-8-9-10-11-12-13-14-15-16(17)18/h6-9,11,14,18,21H,4-5,10,12H2,1-3H3;2-17H2,1H3,(H,19,20);2-15H2,1H3,(H,17,18)/t14-,18-;;/m1../s1. The fourth-order valence-electron chi connectivity index (χ4n) is 9.32. The number of rotatable bonds is 33. The molecule has 2 atom stereocenters. The Morgan fingerprint density at radius 2 is 1.02 bits per heavy atom. The van der Waals surface area contributed by atoms with Crippen LogP contribution in [0.2, 0.25) is 0 Å².